The lowest BCUT2D eigenvalue weighted by Crippen LogP contribution is -2.42. The lowest BCUT2D eigenvalue weighted by molar-refractivity contribution is -0.125. The molecule has 2 atom stereocenters. The molecule has 1 N–H and O–H groups in total. The summed E-state index contributed by atoms with van der Waals surface area (Å²) in [5.41, 5.74) is 0.888. The molecule has 138 valence electrons. The van der Waals surface area contributed by atoms with Crippen molar-refractivity contribution >= 4 is 21.7 Å². The molecule has 1 amide bonds. The van der Waals surface area contributed by atoms with Crippen LogP contribution in [0.1, 0.15) is 48.5 Å². The first-order valence-electron chi connectivity index (χ1n) is 8.48. The fourth-order valence-electron chi connectivity index (χ4n) is 3.03. The molecular formula is C18H25NO5S. The number of sulfone groups is 1. The van der Waals surface area contributed by atoms with E-state index in [1.807, 2.05) is 0 Å². The smallest absolute Gasteiger partial charge is 0.338 e. The van der Waals surface area contributed by atoms with Crippen LogP contribution in [0.4, 0.5) is 0 Å². The van der Waals surface area contributed by atoms with Crippen LogP contribution in [0.25, 0.3) is 0 Å². The van der Waals surface area contributed by atoms with Gasteiger partial charge in [-0.05, 0) is 36.5 Å². The van der Waals surface area contributed by atoms with E-state index in [9.17, 15) is 18.0 Å². The van der Waals surface area contributed by atoms with Gasteiger partial charge in [0.1, 0.15) is 0 Å². The van der Waals surface area contributed by atoms with Crippen molar-refractivity contribution in [2.24, 2.45) is 5.92 Å². The molecule has 2 rings (SSSR count). The molecule has 1 aliphatic rings. The Morgan fingerprint density at radius 2 is 1.80 bits per heavy atom. The number of nitrogens with one attached hydrogen (secondary N) is 1. The highest BCUT2D eigenvalue weighted by atomic mass is 32.2. The van der Waals surface area contributed by atoms with Crippen LogP contribution in [0, 0.1) is 5.92 Å². The molecule has 0 aromatic heterocycles. The van der Waals surface area contributed by atoms with Gasteiger partial charge in [-0.1, -0.05) is 31.9 Å². The van der Waals surface area contributed by atoms with Crippen molar-refractivity contribution in [3.63, 3.8) is 0 Å². The number of esters is 1. The maximum absolute atomic E-state index is 12.0. The van der Waals surface area contributed by atoms with Crippen molar-refractivity contribution < 1.29 is 22.7 Å². The maximum atomic E-state index is 12.0. The Balaban J connectivity index is 1.82. The molecule has 0 aliphatic heterocycles. The van der Waals surface area contributed by atoms with Gasteiger partial charge in [0.2, 0.25) is 0 Å². The van der Waals surface area contributed by atoms with Crippen LogP contribution in [0.2, 0.25) is 0 Å². The van der Waals surface area contributed by atoms with Crippen LogP contribution in [-0.4, -0.2) is 39.2 Å². The Hall–Kier alpha value is -1.89. The first-order valence-corrected chi connectivity index (χ1v) is 10.5. The summed E-state index contributed by atoms with van der Waals surface area (Å²) in [6.45, 7) is 1.81. The van der Waals surface area contributed by atoms with Crippen LogP contribution in [0.5, 0.6) is 0 Å². The Kier molecular flexibility index (Phi) is 6.58. The molecule has 0 heterocycles. The summed E-state index contributed by atoms with van der Waals surface area (Å²) in [4.78, 5) is 23.9. The largest absolute Gasteiger partial charge is 0.452 e. The van der Waals surface area contributed by atoms with E-state index in [1.54, 1.807) is 12.1 Å². The van der Waals surface area contributed by atoms with Crippen molar-refractivity contribution in [1.82, 2.24) is 5.32 Å². The van der Waals surface area contributed by atoms with E-state index in [-0.39, 0.29) is 29.9 Å². The minimum absolute atomic E-state index is 0.0791. The van der Waals surface area contributed by atoms with Crippen molar-refractivity contribution in [2.45, 2.75) is 44.4 Å². The molecule has 25 heavy (non-hydrogen) atoms. The Morgan fingerprint density at radius 1 is 1.16 bits per heavy atom. The molecule has 0 bridgehead atoms. The van der Waals surface area contributed by atoms with E-state index in [0.29, 0.717) is 11.5 Å². The second-order valence-electron chi connectivity index (χ2n) is 6.78. The summed E-state index contributed by atoms with van der Waals surface area (Å²) < 4.78 is 27.5. The summed E-state index contributed by atoms with van der Waals surface area (Å²) in [6.07, 6.45) is 5.51. The highest BCUT2D eigenvalue weighted by Crippen LogP contribution is 2.23. The molecule has 1 aromatic carbocycles. The zero-order valence-electron chi connectivity index (χ0n) is 14.7. The Bertz CT molecular complexity index is 711. The van der Waals surface area contributed by atoms with Crippen LogP contribution < -0.4 is 5.32 Å². The number of amides is 1. The fraction of sp³-hybridized carbons (Fsp3) is 0.556. The highest BCUT2D eigenvalue weighted by molar-refractivity contribution is 7.89. The third-order valence-electron chi connectivity index (χ3n) is 4.41. The number of carbonyl (C=O) groups excluding carboxylic acids is 2. The summed E-state index contributed by atoms with van der Waals surface area (Å²) >= 11 is 0. The van der Waals surface area contributed by atoms with Gasteiger partial charge in [-0.25, -0.2) is 13.2 Å². The molecular weight excluding hydrogens is 342 g/mol. The fourth-order valence-corrected chi connectivity index (χ4v) is 3.83. The number of carbonyl (C=O) groups is 2. The number of benzene rings is 1. The van der Waals surface area contributed by atoms with Gasteiger partial charge in [0.25, 0.3) is 5.91 Å². The lowest BCUT2D eigenvalue weighted by atomic mass is 9.86. The van der Waals surface area contributed by atoms with Crippen molar-refractivity contribution in [2.75, 3.05) is 12.9 Å². The zero-order chi connectivity index (χ0) is 18.4. The monoisotopic (exact) mass is 367 g/mol. The van der Waals surface area contributed by atoms with Gasteiger partial charge >= 0.3 is 5.97 Å². The first kappa shape index (κ1) is 19.4. The maximum Gasteiger partial charge on any atom is 0.338 e. The predicted octanol–water partition coefficient (Wildman–Crippen LogP) is 2.08. The number of hydrogen-bond donors (Lipinski definition) is 1. The Morgan fingerprint density at radius 3 is 2.40 bits per heavy atom. The summed E-state index contributed by atoms with van der Waals surface area (Å²) in [5.74, 6) is -0.529. The van der Waals surface area contributed by atoms with Gasteiger partial charge in [-0.2, -0.15) is 0 Å². The third-order valence-corrected chi connectivity index (χ3v) is 5.27. The molecule has 7 heteroatoms. The van der Waals surface area contributed by atoms with Gasteiger partial charge in [-0.3, -0.25) is 4.79 Å². The second-order valence-corrected chi connectivity index (χ2v) is 8.92. The van der Waals surface area contributed by atoms with Gasteiger partial charge in [0.05, 0.1) is 11.3 Å². The second kappa shape index (κ2) is 8.47. The van der Waals surface area contributed by atoms with Crippen molar-refractivity contribution in [1.29, 1.82) is 0 Å². The normalized spacial score (nSPS) is 20.7. The molecule has 1 fully saturated rings. The number of ether oxygens (including phenoxy) is 1. The molecule has 2 unspecified atom stereocenters. The van der Waals surface area contributed by atoms with Crippen LogP contribution in [-0.2, 0) is 25.1 Å². The van der Waals surface area contributed by atoms with E-state index in [4.69, 9.17) is 4.74 Å². The molecule has 1 saturated carbocycles. The van der Waals surface area contributed by atoms with Crippen molar-refractivity contribution in [3.8, 4) is 0 Å². The first-order chi connectivity index (χ1) is 11.7. The molecule has 6 nitrogen and oxygen atoms in total. The third kappa shape index (κ3) is 6.49. The van der Waals surface area contributed by atoms with Crippen LogP contribution in [0.15, 0.2) is 24.3 Å². The number of hydrogen-bond acceptors (Lipinski definition) is 5. The summed E-state index contributed by atoms with van der Waals surface area (Å²) in [7, 11) is -3.12. The quantitative estimate of drug-likeness (QED) is 0.778. The predicted molar refractivity (Wildman–Crippen MR) is 94.8 cm³/mol. The zero-order valence-corrected chi connectivity index (χ0v) is 15.5. The lowest BCUT2D eigenvalue weighted by Gasteiger charge is -2.29. The van der Waals surface area contributed by atoms with Gasteiger partial charge < -0.3 is 10.1 Å². The van der Waals surface area contributed by atoms with E-state index in [0.717, 1.165) is 25.5 Å². The van der Waals surface area contributed by atoms with Gasteiger partial charge in [-0.15, -0.1) is 0 Å². The Labute approximate surface area is 148 Å². The molecule has 0 saturated heterocycles. The standard InChI is InChI=1S/C18H25NO5S/c1-13-5-3-4-6-16(13)19-17(20)11-24-18(21)15-9-7-14(8-10-15)12-25(2,22)23/h7-10,13,16H,3-6,11-12H2,1-2H3,(H,19,20). The molecule has 0 radical (unpaired) electrons. The van der Waals surface area contributed by atoms with E-state index >= 15 is 0 Å². The van der Waals surface area contributed by atoms with E-state index in [2.05, 4.69) is 12.2 Å². The minimum atomic E-state index is -3.12. The average molecular weight is 367 g/mol. The van der Waals surface area contributed by atoms with E-state index in [1.165, 1.54) is 18.6 Å². The molecule has 1 aliphatic carbocycles. The SMILES string of the molecule is CC1CCCCC1NC(=O)COC(=O)c1ccc(CS(C)(=O)=O)cc1. The van der Waals surface area contributed by atoms with E-state index < -0.39 is 15.8 Å². The topological polar surface area (TPSA) is 89.5 Å². The number of rotatable bonds is 6. The van der Waals surface area contributed by atoms with Gasteiger partial charge in [0, 0.05) is 12.3 Å². The summed E-state index contributed by atoms with van der Waals surface area (Å²) in [5, 5.41) is 2.93. The molecule has 0 spiro atoms. The van der Waals surface area contributed by atoms with Gasteiger partial charge in [0.15, 0.2) is 16.4 Å². The van der Waals surface area contributed by atoms with Crippen LogP contribution in [0.3, 0.4) is 0 Å². The van der Waals surface area contributed by atoms with Crippen LogP contribution >= 0.6 is 0 Å². The highest BCUT2D eigenvalue weighted by Gasteiger charge is 2.23. The molecule has 1 aromatic rings. The summed E-state index contributed by atoms with van der Waals surface area (Å²) in [6, 6.07) is 6.30. The van der Waals surface area contributed by atoms with Crippen molar-refractivity contribution in [3.05, 3.63) is 35.4 Å². The minimum Gasteiger partial charge on any atom is -0.452 e. The average Bonchev–Trinajstić information content (AvgIpc) is 2.54.